The topological polar surface area (TPSA) is 41.6 Å². The Morgan fingerprint density at radius 2 is 1.95 bits per heavy atom. The highest BCUT2D eigenvalue weighted by atomic mass is 35.5. The molecular weight excluding hydrogens is 264 g/mol. The Balaban J connectivity index is 3.03. The average molecular weight is 283 g/mol. The molecule has 104 valence electrons. The second-order valence-corrected chi connectivity index (χ2v) is 4.95. The second kappa shape index (κ2) is 6.48. The van der Waals surface area contributed by atoms with Crippen LogP contribution in [0.15, 0.2) is 23.7 Å². The first-order valence-corrected chi connectivity index (χ1v) is 6.28. The molecule has 0 atom stereocenters. The minimum Gasteiger partial charge on any atom is -0.410 e. The predicted molar refractivity (Wildman–Crippen MR) is 79.3 cm³/mol. The van der Waals surface area contributed by atoms with E-state index in [0.717, 1.165) is 16.8 Å². The molecule has 0 saturated carbocycles. The molecule has 0 unspecified atom stereocenters. The maximum atomic E-state index is 11.2. The van der Waals surface area contributed by atoms with Crippen molar-refractivity contribution in [2.75, 3.05) is 25.5 Å². The summed E-state index contributed by atoms with van der Waals surface area (Å²) in [6.07, 6.45) is -0.478. The highest BCUT2D eigenvalue weighted by molar-refractivity contribution is 6.29. The normalized spacial score (nSPS) is 9.95. The third kappa shape index (κ3) is 4.17. The van der Waals surface area contributed by atoms with Gasteiger partial charge in [0.25, 0.3) is 0 Å². The van der Waals surface area contributed by atoms with Gasteiger partial charge >= 0.3 is 6.09 Å². The van der Waals surface area contributed by atoms with E-state index in [0.29, 0.717) is 17.3 Å². The van der Waals surface area contributed by atoms with Gasteiger partial charge in [0.15, 0.2) is 0 Å². The number of nitrogens with zero attached hydrogens (tertiary/aromatic N) is 1. The van der Waals surface area contributed by atoms with E-state index < -0.39 is 6.09 Å². The zero-order chi connectivity index (χ0) is 14.6. The smallest absolute Gasteiger partial charge is 0.410 e. The first-order chi connectivity index (χ1) is 8.85. The molecule has 1 aromatic carbocycles. The van der Waals surface area contributed by atoms with Crippen molar-refractivity contribution in [1.29, 1.82) is 0 Å². The van der Waals surface area contributed by atoms with E-state index in [-0.39, 0.29) is 0 Å². The van der Waals surface area contributed by atoms with Gasteiger partial charge in [-0.3, -0.25) is 0 Å². The number of amides is 1. The fourth-order valence-corrected chi connectivity index (χ4v) is 2.25. The maximum absolute atomic E-state index is 11.2. The van der Waals surface area contributed by atoms with Crippen LogP contribution in [0.4, 0.5) is 10.5 Å². The molecule has 0 saturated heterocycles. The van der Waals surface area contributed by atoms with Crippen molar-refractivity contribution < 1.29 is 9.53 Å². The van der Waals surface area contributed by atoms with Crippen LogP contribution in [0.5, 0.6) is 5.75 Å². The monoisotopic (exact) mass is 282 g/mol. The van der Waals surface area contributed by atoms with Crippen molar-refractivity contribution in [3.05, 3.63) is 34.9 Å². The summed E-state index contributed by atoms with van der Waals surface area (Å²) >= 11 is 5.83. The second-order valence-electron chi connectivity index (χ2n) is 4.42. The molecule has 0 aromatic heterocycles. The van der Waals surface area contributed by atoms with Crippen LogP contribution in [0.25, 0.3) is 0 Å². The summed E-state index contributed by atoms with van der Waals surface area (Å²) in [4.78, 5) is 13.2. The van der Waals surface area contributed by atoms with E-state index in [4.69, 9.17) is 16.3 Å². The van der Waals surface area contributed by atoms with Gasteiger partial charge in [-0.15, -0.1) is 0 Å². The van der Waals surface area contributed by atoms with E-state index in [9.17, 15) is 4.79 Å². The molecule has 0 aliphatic carbocycles. The van der Waals surface area contributed by atoms with Crippen LogP contribution >= 0.6 is 11.6 Å². The van der Waals surface area contributed by atoms with Gasteiger partial charge in [0.1, 0.15) is 5.75 Å². The van der Waals surface area contributed by atoms with E-state index >= 15 is 0 Å². The molecule has 1 amide bonds. The lowest BCUT2D eigenvalue weighted by molar-refractivity contribution is 0.203. The van der Waals surface area contributed by atoms with Crippen LogP contribution in [0, 0.1) is 13.8 Å². The van der Waals surface area contributed by atoms with Crippen LogP contribution in [0.3, 0.4) is 0 Å². The van der Waals surface area contributed by atoms with Gasteiger partial charge in [-0.05, 0) is 37.1 Å². The van der Waals surface area contributed by atoms with E-state index in [1.165, 1.54) is 7.05 Å². The number of rotatable bonds is 4. The lowest BCUT2D eigenvalue weighted by Gasteiger charge is -2.23. The number of ether oxygens (including phenoxy) is 1. The Hall–Kier alpha value is -1.68. The van der Waals surface area contributed by atoms with Crippen LogP contribution in [0.1, 0.15) is 11.1 Å². The summed E-state index contributed by atoms with van der Waals surface area (Å²) in [6, 6.07) is 3.65. The Morgan fingerprint density at radius 3 is 2.37 bits per heavy atom. The van der Waals surface area contributed by atoms with Crippen molar-refractivity contribution in [3.63, 3.8) is 0 Å². The number of carbonyl (C=O) groups is 1. The van der Waals surface area contributed by atoms with Crippen LogP contribution in [0.2, 0.25) is 0 Å². The van der Waals surface area contributed by atoms with Crippen LogP contribution in [-0.4, -0.2) is 26.7 Å². The van der Waals surface area contributed by atoms with Crippen LogP contribution < -0.4 is 15.0 Å². The molecule has 1 aromatic rings. The molecule has 0 aliphatic rings. The average Bonchev–Trinajstić information content (AvgIpc) is 2.26. The molecule has 19 heavy (non-hydrogen) atoms. The molecule has 5 heteroatoms. The summed E-state index contributed by atoms with van der Waals surface area (Å²) in [5.74, 6) is 0.524. The summed E-state index contributed by atoms with van der Waals surface area (Å²) in [5, 5.41) is 2.99. The number of halogens is 1. The van der Waals surface area contributed by atoms with Crippen molar-refractivity contribution in [1.82, 2.24) is 5.32 Å². The van der Waals surface area contributed by atoms with E-state index in [1.807, 2.05) is 37.9 Å². The standard InChI is InChI=1S/C14H19ClN2O2/c1-9-6-12(19-14(18)16-4)7-10(2)13(9)17(5)8-11(3)15/h6-7H,3,8H2,1-2,4-5H3,(H,16,18). The number of nitrogens with one attached hydrogen (secondary N) is 1. The van der Waals surface area contributed by atoms with Gasteiger partial charge in [-0.25, -0.2) is 4.79 Å². The Labute approximate surface area is 119 Å². The summed E-state index contributed by atoms with van der Waals surface area (Å²) in [5.41, 5.74) is 3.09. The van der Waals surface area contributed by atoms with Gasteiger partial charge in [0.2, 0.25) is 0 Å². The summed E-state index contributed by atoms with van der Waals surface area (Å²) < 4.78 is 5.13. The van der Waals surface area contributed by atoms with Crippen molar-refractivity contribution in [2.45, 2.75) is 13.8 Å². The molecule has 0 fully saturated rings. The van der Waals surface area contributed by atoms with Crippen molar-refractivity contribution in [3.8, 4) is 5.75 Å². The van der Waals surface area contributed by atoms with Gasteiger partial charge in [0.05, 0.1) is 6.54 Å². The molecular formula is C14H19ClN2O2. The van der Waals surface area contributed by atoms with Gasteiger partial charge in [-0.1, -0.05) is 18.2 Å². The zero-order valence-electron chi connectivity index (χ0n) is 11.7. The Bertz CT molecular complexity index is 477. The lowest BCUT2D eigenvalue weighted by atomic mass is 10.1. The van der Waals surface area contributed by atoms with Gasteiger partial charge in [0, 0.05) is 24.8 Å². The summed E-state index contributed by atoms with van der Waals surface area (Å²) in [7, 11) is 3.47. The lowest BCUT2D eigenvalue weighted by Crippen LogP contribution is -2.23. The summed E-state index contributed by atoms with van der Waals surface area (Å²) in [6.45, 7) is 8.19. The minimum absolute atomic E-state index is 0.478. The highest BCUT2D eigenvalue weighted by Gasteiger charge is 2.12. The molecule has 0 radical (unpaired) electrons. The third-order valence-corrected chi connectivity index (χ3v) is 2.79. The first-order valence-electron chi connectivity index (χ1n) is 5.90. The molecule has 0 heterocycles. The quantitative estimate of drug-likeness (QED) is 0.922. The maximum Gasteiger partial charge on any atom is 0.412 e. The number of carbonyl (C=O) groups excluding carboxylic acids is 1. The van der Waals surface area contributed by atoms with Crippen molar-refractivity contribution >= 4 is 23.4 Å². The van der Waals surface area contributed by atoms with Crippen LogP contribution in [-0.2, 0) is 0 Å². The van der Waals surface area contributed by atoms with Crippen molar-refractivity contribution in [2.24, 2.45) is 0 Å². The largest absolute Gasteiger partial charge is 0.412 e. The van der Waals surface area contributed by atoms with E-state index in [1.54, 1.807) is 0 Å². The van der Waals surface area contributed by atoms with Gasteiger partial charge in [-0.2, -0.15) is 0 Å². The predicted octanol–water partition coefficient (Wildman–Crippen LogP) is 3.21. The van der Waals surface area contributed by atoms with E-state index in [2.05, 4.69) is 11.9 Å². The van der Waals surface area contributed by atoms with Gasteiger partial charge < -0.3 is 15.0 Å². The molecule has 4 nitrogen and oxygen atoms in total. The molecule has 0 aliphatic heterocycles. The fraction of sp³-hybridized carbons (Fsp3) is 0.357. The number of aryl methyl sites for hydroxylation is 2. The number of hydrogen-bond acceptors (Lipinski definition) is 3. The first kappa shape index (κ1) is 15.4. The zero-order valence-corrected chi connectivity index (χ0v) is 12.5. The Kier molecular flexibility index (Phi) is 5.24. The molecule has 1 N–H and O–H groups in total. The highest BCUT2D eigenvalue weighted by Crippen LogP contribution is 2.29. The number of benzene rings is 1. The number of anilines is 1. The molecule has 0 bridgehead atoms. The SMILES string of the molecule is C=C(Cl)CN(C)c1c(C)cc(OC(=O)NC)cc1C. The fourth-order valence-electron chi connectivity index (χ4n) is 2.07. The molecule has 0 spiro atoms. The number of likely N-dealkylation sites (N-methyl/N-ethyl adjacent to an activating group) is 1. The number of hydrogen-bond donors (Lipinski definition) is 1. The third-order valence-electron chi connectivity index (χ3n) is 2.67. The molecule has 1 rings (SSSR count). The Morgan fingerprint density at radius 1 is 1.42 bits per heavy atom. The minimum atomic E-state index is -0.478.